The van der Waals surface area contributed by atoms with Crippen LogP contribution < -0.4 is 5.32 Å². The van der Waals surface area contributed by atoms with Gasteiger partial charge in [0.05, 0.1) is 16.8 Å². The number of likely N-dealkylation sites (N-methyl/N-ethyl adjacent to an activating group) is 1. The van der Waals surface area contributed by atoms with E-state index in [1.807, 2.05) is 24.3 Å². The minimum absolute atomic E-state index is 0.563. The highest BCUT2D eigenvalue weighted by atomic mass is 15.2. The van der Waals surface area contributed by atoms with E-state index in [9.17, 15) is 5.26 Å². The minimum atomic E-state index is 0.563. The number of nitrogens with one attached hydrogen (secondary N) is 1. The zero-order valence-electron chi connectivity index (χ0n) is 12.3. The Morgan fingerprint density at radius 3 is 3.10 bits per heavy atom. The highest BCUT2D eigenvalue weighted by Gasteiger charge is 2.23. The van der Waals surface area contributed by atoms with Crippen LogP contribution in [0.3, 0.4) is 0 Å². The van der Waals surface area contributed by atoms with Crippen molar-refractivity contribution in [3.63, 3.8) is 0 Å². The lowest BCUT2D eigenvalue weighted by Gasteiger charge is -2.24. The Labute approximate surface area is 125 Å². The van der Waals surface area contributed by atoms with Crippen LogP contribution in [0.2, 0.25) is 0 Å². The van der Waals surface area contributed by atoms with Crippen LogP contribution in [0.4, 0.5) is 5.69 Å². The third kappa shape index (κ3) is 2.70. The Morgan fingerprint density at radius 1 is 1.43 bits per heavy atom. The van der Waals surface area contributed by atoms with Crippen molar-refractivity contribution in [1.82, 2.24) is 9.88 Å². The Hall–Kier alpha value is -2.12. The molecule has 1 N–H and O–H groups in total. The van der Waals surface area contributed by atoms with Crippen molar-refractivity contribution in [2.75, 3.05) is 25.0 Å². The first-order chi connectivity index (χ1) is 10.3. The van der Waals surface area contributed by atoms with Gasteiger partial charge >= 0.3 is 0 Å². The average molecular weight is 280 g/mol. The molecule has 0 spiro atoms. The van der Waals surface area contributed by atoms with Crippen LogP contribution in [0, 0.1) is 11.3 Å². The first kappa shape index (κ1) is 13.8. The summed E-state index contributed by atoms with van der Waals surface area (Å²) in [5.74, 6) is 0. The lowest BCUT2D eigenvalue weighted by atomic mass is 10.1. The first-order valence-electron chi connectivity index (χ1n) is 7.59. The normalized spacial score (nSPS) is 18.8. The van der Waals surface area contributed by atoms with Gasteiger partial charge in [0.25, 0.3) is 0 Å². The highest BCUT2D eigenvalue weighted by molar-refractivity contribution is 5.93. The fraction of sp³-hybridized carbons (Fsp3) is 0.412. The zero-order chi connectivity index (χ0) is 14.7. The van der Waals surface area contributed by atoms with Crippen molar-refractivity contribution in [3.8, 4) is 6.07 Å². The molecule has 21 heavy (non-hydrogen) atoms. The summed E-state index contributed by atoms with van der Waals surface area (Å²) < 4.78 is 0. The summed E-state index contributed by atoms with van der Waals surface area (Å²) in [6.07, 6.45) is 4.16. The molecule has 2 aromatic rings. The quantitative estimate of drug-likeness (QED) is 0.935. The number of nitrogens with zero attached hydrogens (tertiary/aromatic N) is 3. The molecule has 0 bridgehead atoms. The van der Waals surface area contributed by atoms with Gasteiger partial charge in [-0.05, 0) is 32.0 Å². The number of likely N-dealkylation sites (tertiary alicyclic amines) is 1. The standard InChI is InChI=1S/C17H20N4/c1-2-21-9-5-6-14(21)12-20-17-13(10-18)11-19-16-8-4-3-7-15(16)17/h3-4,7-8,11,14H,2,5-6,9,12H2,1H3,(H,19,20). The lowest BCUT2D eigenvalue weighted by molar-refractivity contribution is 0.277. The molecular formula is C17H20N4. The predicted molar refractivity (Wildman–Crippen MR) is 85.2 cm³/mol. The van der Waals surface area contributed by atoms with Gasteiger partial charge in [-0.15, -0.1) is 0 Å². The van der Waals surface area contributed by atoms with Crippen molar-refractivity contribution >= 4 is 16.6 Å². The number of hydrogen-bond acceptors (Lipinski definition) is 4. The van der Waals surface area contributed by atoms with E-state index < -0.39 is 0 Å². The number of aromatic nitrogens is 1. The van der Waals surface area contributed by atoms with Gasteiger partial charge in [-0.3, -0.25) is 9.88 Å². The second-order valence-electron chi connectivity index (χ2n) is 5.48. The largest absolute Gasteiger partial charge is 0.382 e. The summed E-state index contributed by atoms with van der Waals surface area (Å²) in [7, 11) is 0. The average Bonchev–Trinajstić information content (AvgIpc) is 2.99. The van der Waals surface area contributed by atoms with E-state index in [0.717, 1.165) is 29.7 Å². The van der Waals surface area contributed by atoms with E-state index in [1.54, 1.807) is 6.20 Å². The van der Waals surface area contributed by atoms with Crippen LogP contribution in [0.5, 0.6) is 0 Å². The van der Waals surface area contributed by atoms with Gasteiger partial charge in [-0.25, -0.2) is 0 Å². The number of pyridine rings is 1. The molecule has 0 saturated carbocycles. The molecular weight excluding hydrogens is 260 g/mol. The molecule has 1 fully saturated rings. The summed E-state index contributed by atoms with van der Waals surface area (Å²) in [5, 5.41) is 13.9. The van der Waals surface area contributed by atoms with Crippen LogP contribution >= 0.6 is 0 Å². The van der Waals surface area contributed by atoms with E-state index >= 15 is 0 Å². The number of para-hydroxylation sites is 1. The number of anilines is 1. The first-order valence-corrected chi connectivity index (χ1v) is 7.59. The number of nitriles is 1. The molecule has 1 aromatic heterocycles. The second kappa shape index (κ2) is 6.11. The lowest BCUT2D eigenvalue weighted by Crippen LogP contribution is -2.34. The fourth-order valence-electron chi connectivity index (χ4n) is 3.18. The summed E-state index contributed by atoms with van der Waals surface area (Å²) in [5.41, 5.74) is 2.47. The number of hydrogen-bond donors (Lipinski definition) is 1. The third-order valence-corrected chi connectivity index (χ3v) is 4.32. The zero-order valence-corrected chi connectivity index (χ0v) is 12.3. The van der Waals surface area contributed by atoms with Gasteiger partial charge in [0.15, 0.2) is 0 Å². The van der Waals surface area contributed by atoms with E-state index in [2.05, 4.69) is 28.2 Å². The van der Waals surface area contributed by atoms with Gasteiger partial charge in [0.2, 0.25) is 0 Å². The molecule has 0 aliphatic carbocycles. The van der Waals surface area contributed by atoms with Crippen LogP contribution in [0.15, 0.2) is 30.5 Å². The SMILES string of the molecule is CCN1CCCC1CNc1c(C#N)cnc2ccccc12. The van der Waals surface area contributed by atoms with E-state index in [-0.39, 0.29) is 0 Å². The molecule has 4 heteroatoms. The molecule has 0 radical (unpaired) electrons. The van der Waals surface area contributed by atoms with Crippen LogP contribution in [0.1, 0.15) is 25.3 Å². The number of benzene rings is 1. The topological polar surface area (TPSA) is 52.0 Å². The monoisotopic (exact) mass is 280 g/mol. The maximum absolute atomic E-state index is 9.33. The van der Waals surface area contributed by atoms with E-state index in [1.165, 1.54) is 19.4 Å². The van der Waals surface area contributed by atoms with Crippen molar-refractivity contribution in [3.05, 3.63) is 36.0 Å². The summed E-state index contributed by atoms with van der Waals surface area (Å²) >= 11 is 0. The molecule has 3 rings (SSSR count). The van der Waals surface area contributed by atoms with Gasteiger partial charge in [-0.2, -0.15) is 5.26 Å². The van der Waals surface area contributed by atoms with Crippen molar-refractivity contribution < 1.29 is 0 Å². The summed E-state index contributed by atoms with van der Waals surface area (Å²) in [4.78, 5) is 6.85. The predicted octanol–water partition coefficient (Wildman–Crippen LogP) is 3.00. The molecule has 2 heterocycles. The Balaban J connectivity index is 1.87. The smallest absolute Gasteiger partial charge is 0.103 e. The van der Waals surface area contributed by atoms with Gasteiger partial charge in [-0.1, -0.05) is 25.1 Å². The summed E-state index contributed by atoms with van der Waals surface area (Å²) in [6, 6.07) is 10.8. The van der Waals surface area contributed by atoms with Gasteiger partial charge < -0.3 is 5.32 Å². The maximum atomic E-state index is 9.33. The molecule has 1 unspecified atom stereocenters. The van der Waals surface area contributed by atoms with Gasteiger partial charge in [0.1, 0.15) is 6.07 Å². The molecule has 1 saturated heterocycles. The van der Waals surface area contributed by atoms with Crippen LogP contribution in [-0.4, -0.2) is 35.6 Å². The van der Waals surface area contributed by atoms with Gasteiger partial charge in [0, 0.05) is 24.2 Å². The minimum Gasteiger partial charge on any atom is -0.382 e. The van der Waals surface area contributed by atoms with E-state index in [4.69, 9.17) is 0 Å². The molecule has 0 amide bonds. The van der Waals surface area contributed by atoms with Crippen molar-refractivity contribution in [2.45, 2.75) is 25.8 Å². The van der Waals surface area contributed by atoms with Crippen molar-refractivity contribution in [2.24, 2.45) is 0 Å². The van der Waals surface area contributed by atoms with Crippen molar-refractivity contribution in [1.29, 1.82) is 5.26 Å². The highest BCUT2D eigenvalue weighted by Crippen LogP contribution is 2.26. The third-order valence-electron chi connectivity index (χ3n) is 4.32. The molecule has 1 aliphatic rings. The summed E-state index contributed by atoms with van der Waals surface area (Å²) in [6.45, 7) is 5.37. The number of rotatable bonds is 4. The Bertz CT molecular complexity index is 674. The molecule has 1 aliphatic heterocycles. The number of fused-ring (bicyclic) bond motifs is 1. The molecule has 1 aromatic carbocycles. The molecule has 108 valence electrons. The fourth-order valence-corrected chi connectivity index (χ4v) is 3.18. The molecule has 4 nitrogen and oxygen atoms in total. The van der Waals surface area contributed by atoms with E-state index in [0.29, 0.717) is 11.6 Å². The van der Waals surface area contributed by atoms with Crippen LogP contribution in [0.25, 0.3) is 10.9 Å². The Kier molecular flexibility index (Phi) is 4.03. The Morgan fingerprint density at radius 2 is 2.29 bits per heavy atom. The second-order valence-corrected chi connectivity index (χ2v) is 5.48. The maximum Gasteiger partial charge on any atom is 0.103 e. The van der Waals surface area contributed by atoms with Crippen LogP contribution in [-0.2, 0) is 0 Å². The molecule has 1 atom stereocenters.